The Morgan fingerprint density at radius 3 is 2.33 bits per heavy atom. The molecule has 5 heteroatoms. The maximum absolute atomic E-state index is 10.1. The zero-order chi connectivity index (χ0) is 29.6. The number of benzene rings is 3. The Morgan fingerprint density at radius 1 is 0.884 bits per heavy atom. The summed E-state index contributed by atoms with van der Waals surface area (Å²) in [6.07, 6.45) is 9.32. The Balaban J connectivity index is 1.53. The zero-order valence-corrected chi connectivity index (χ0v) is 25.0. The van der Waals surface area contributed by atoms with Crippen LogP contribution in [0.3, 0.4) is 0 Å². The molecule has 0 amide bonds. The lowest BCUT2D eigenvalue weighted by Gasteiger charge is -2.27. The van der Waals surface area contributed by atoms with E-state index in [4.69, 9.17) is 4.98 Å². The summed E-state index contributed by atoms with van der Waals surface area (Å²) < 4.78 is 4.32. The van der Waals surface area contributed by atoms with Crippen LogP contribution in [0, 0.1) is 17.3 Å². The standard InChI is InChI=1S/C38H40N4O/c1-2-3-4-5-8-14-28-15-13-16-29(25-28)26-41-36(31-19-11-7-12-20-31)34(30-17-9-6-10-18-30)35-37(39)42(27-40-38(35)41)32-21-23-33(43)24-22-32/h6-7,9-13,15-20,25,27,32-33,39,43H,2-5,21-24,26H2,1H3. The van der Waals surface area contributed by atoms with Crippen LogP contribution >= 0.6 is 0 Å². The van der Waals surface area contributed by atoms with Crippen LogP contribution in [0.25, 0.3) is 33.4 Å². The molecule has 5 nitrogen and oxygen atoms in total. The number of unbranched alkanes of at least 4 members (excludes halogenated alkanes) is 3. The number of nitrogens with zero attached hydrogens (tertiary/aromatic N) is 3. The van der Waals surface area contributed by atoms with E-state index >= 15 is 0 Å². The van der Waals surface area contributed by atoms with Crippen molar-refractivity contribution in [1.82, 2.24) is 14.1 Å². The maximum Gasteiger partial charge on any atom is 0.146 e. The summed E-state index contributed by atoms with van der Waals surface area (Å²) in [5.41, 5.74) is 7.74. The highest BCUT2D eigenvalue weighted by atomic mass is 16.3. The molecule has 0 saturated heterocycles. The van der Waals surface area contributed by atoms with Crippen LogP contribution < -0.4 is 5.49 Å². The highest BCUT2D eigenvalue weighted by Gasteiger charge is 2.26. The molecule has 1 aliphatic rings. The van der Waals surface area contributed by atoms with Gasteiger partial charge in [-0.3, -0.25) is 5.41 Å². The lowest BCUT2D eigenvalue weighted by atomic mass is 9.93. The summed E-state index contributed by atoms with van der Waals surface area (Å²) >= 11 is 0. The van der Waals surface area contributed by atoms with Gasteiger partial charge in [-0.25, -0.2) is 4.98 Å². The van der Waals surface area contributed by atoms with Gasteiger partial charge in [-0.1, -0.05) is 104 Å². The van der Waals surface area contributed by atoms with E-state index in [0.717, 1.165) is 83.1 Å². The fourth-order valence-electron chi connectivity index (χ4n) is 6.38. The van der Waals surface area contributed by atoms with Crippen LogP contribution in [0.4, 0.5) is 0 Å². The van der Waals surface area contributed by atoms with E-state index in [1.807, 2.05) is 23.0 Å². The van der Waals surface area contributed by atoms with Gasteiger partial charge < -0.3 is 14.2 Å². The molecule has 43 heavy (non-hydrogen) atoms. The molecular weight excluding hydrogens is 528 g/mol. The molecule has 0 aliphatic heterocycles. The third-order valence-electron chi connectivity index (χ3n) is 8.61. The highest BCUT2D eigenvalue weighted by molar-refractivity contribution is 6.02. The second-order valence-corrected chi connectivity index (χ2v) is 11.7. The lowest BCUT2D eigenvalue weighted by molar-refractivity contribution is 0.109. The van der Waals surface area contributed by atoms with Crippen molar-refractivity contribution in [1.29, 1.82) is 5.41 Å². The van der Waals surface area contributed by atoms with E-state index < -0.39 is 0 Å². The molecule has 0 atom stereocenters. The van der Waals surface area contributed by atoms with E-state index in [1.165, 1.54) is 12.8 Å². The molecule has 0 unspecified atom stereocenters. The van der Waals surface area contributed by atoms with Gasteiger partial charge in [-0.05, 0) is 60.9 Å². The smallest absolute Gasteiger partial charge is 0.146 e. The summed E-state index contributed by atoms with van der Waals surface area (Å²) in [6.45, 7) is 2.83. The van der Waals surface area contributed by atoms with E-state index in [-0.39, 0.29) is 12.1 Å². The second-order valence-electron chi connectivity index (χ2n) is 11.7. The van der Waals surface area contributed by atoms with Gasteiger partial charge in [0.25, 0.3) is 0 Å². The maximum atomic E-state index is 10.1. The number of hydrogen-bond acceptors (Lipinski definition) is 3. The van der Waals surface area contributed by atoms with Gasteiger partial charge in [0.05, 0.1) is 23.5 Å². The van der Waals surface area contributed by atoms with Gasteiger partial charge >= 0.3 is 0 Å². The molecule has 1 saturated carbocycles. The zero-order valence-electron chi connectivity index (χ0n) is 25.0. The average molecular weight is 569 g/mol. The topological polar surface area (TPSA) is 66.8 Å². The molecule has 6 rings (SSSR count). The summed E-state index contributed by atoms with van der Waals surface area (Å²) in [4.78, 5) is 5.08. The summed E-state index contributed by atoms with van der Waals surface area (Å²) in [6, 6.07) is 29.6. The molecule has 5 aromatic rings. The van der Waals surface area contributed by atoms with E-state index in [0.29, 0.717) is 12.0 Å². The summed E-state index contributed by atoms with van der Waals surface area (Å²) in [7, 11) is 0. The number of nitrogens with one attached hydrogen (secondary N) is 1. The minimum atomic E-state index is -0.245. The van der Waals surface area contributed by atoms with Gasteiger partial charge in [0, 0.05) is 30.1 Å². The van der Waals surface area contributed by atoms with Gasteiger partial charge in [0.15, 0.2) is 0 Å². The van der Waals surface area contributed by atoms with Crippen molar-refractivity contribution in [3.05, 3.63) is 108 Å². The average Bonchev–Trinajstić information content (AvgIpc) is 3.37. The molecule has 3 aromatic carbocycles. The van der Waals surface area contributed by atoms with Crippen LogP contribution in [-0.2, 0) is 6.54 Å². The van der Waals surface area contributed by atoms with Crippen LogP contribution in [0.2, 0.25) is 0 Å². The van der Waals surface area contributed by atoms with Crippen molar-refractivity contribution in [2.75, 3.05) is 0 Å². The first-order chi connectivity index (χ1) is 21.1. The first kappa shape index (κ1) is 28.7. The molecule has 218 valence electrons. The molecule has 0 bridgehead atoms. The van der Waals surface area contributed by atoms with Crippen molar-refractivity contribution in [2.45, 2.75) is 77.0 Å². The highest BCUT2D eigenvalue weighted by Crippen LogP contribution is 2.40. The van der Waals surface area contributed by atoms with Crippen molar-refractivity contribution >= 4 is 11.0 Å². The molecule has 0 spiro atoms. The normalized spacial score (nSPS) is 16.6. The van der Waals surface area contributed by atoms with Gasteiger partial charge in [-0.15, -0.1) is 0 Å². The summed E-state index contributed by atoms with van der Waals surface area (Å²) in [5.74, 6) is 6.73. The monoisotopic (exact) mass is 568 g/mol. The quantitative estimate of drug-likeness (QED) is 0.147. The number of aromatic nitrogens is 3. The molecule has 1 fully saturated rings. The molecular formula is C38H40N4O. The molecule has 2 N–H and O–H groups in total. The van der Waals surface area contributed by atoms with Crippen molar-refractivity contribution < 1.29 is 5.11 Å². The fourth-order valence-corrected chi connectivity index (χ4v) is 6.38. The first-order valence-corrected chi connectivity index (χ1v) is 15.7. The lowest BCUT2D eigenvalue weighted by Crippen LogP contribution is -2.29. The predicted octanol–water partition coefficient (Wildman–Crippen LogP) is 8.11. The second kappa shape index (κ2) is 13.3. The number of hydrogen-bond donors (Lipinski definition) is 2. The number of rotatable bonds is 8. The van der Waals surface area contributed by atoms with Crippen molar-refractivity contribution in [3.8, 4) is 34.2 Å². The third kappa shape index (κ3) is 6.21. The Morgan fingerprint density at radius 2 is 1.60 bits per heavy atom. The number of aliphatic hydroxyl groups excluding tert-OH is 1. The fraction of sp³-hybridized carbons (Fsp3) is 0.316. The Kier molecular flexibility index (Phi) is 8.86. The molecule has 2 heterocycles. The van der Waals surface area contributed by atoms with Gasteiger partial charge in [-0.2, -0.15) is 0 Å². The number of fused-ring (bicyclic) bond motifs is 1. The molecule has 2 aromatic heterocycles. The van der Waals surface area contributed by atoms with Gasteiger partial charge in [0.1, 0.15) is 11.1 Å². The first-order valence-electron chi connectivity index (χ1n) is 15.7. The van der Waals surface area contributed by atoms with E-state index in [9.17, 15) is 10.5 Å². The van der Waals surface area contributed by atoms with Crippen molar-refractivity contribution in [2.24, 2.45) is 0 Å². The Bertz CT molecular complexity index is 1800. The van der Waals surface area contributed by atoms with Crippen LogP contribution in [0.5, 0.6) is 0 Å². The van der Waals surface area contributed by atoms with Gasteiger partial charge in [0.2, 0.25) is 0 Å². The van der Waals surface area contributed by atoms with Crippen LogP contribution in [-0.4, -0.2) is 25.3 Å². The Hall–Kier alpha value is -4.40. The largest absolute Gasteiger partial charge is 0.393 e. The van der Waals surface area contributed by atoms with Crippen LogP contribution in [0.15, 0.2) is 91.3 Å². The predicted molar refractivity (Wildman–Crippen MR) is 175 cm³/mol. The summed E-state index contributed by atoms with van der Waals surface area (Å²) in [5, 5.41) is 20.6. The molecule has 0 radical (unpaired) electrons. The minimum absolute atomic E-state index is 0.160. The minimum Gasteiger partial charge on any atom is -0.393 e. The Labute approximate surface area is 254 Å². The van der Waals surface area contributed by atoms with Crippen LogP contribution in [0.1, 0.15) is 75.5 Å². The van der Waals surface area contributed by atoms with E-state index in [1.54, 1.807) is 0 Å². The van der Waals surface area contributed by atoms with E-state index in [2.05, 4.69) is 96.1 Å². The third-order valence-corrected chi connectivity index (χ3v) is 8.61. The SMILES string of the molecule is CCCCCC#Cc1cccc(Cn2c(-c3ccccc3)c(-c3ccccc3)c3c(=N)n(C4CCC(O)CC4)cnc32)c1. The van der Waals surface area contributed by atoms with Crippen molar-refractivity contribution in [3.63, 3.8) is 0 Å². The molecule has 1 aliphatic carbocycles. The number of aliphatic hydroxyl groups is 1.